The van der Waals surface area contributed by atoms with Crippen molar-refractivity contribution in [2.75, 3.05) is 0 Å². The highest BCUT2D eigenvalue weighted by Gasteiger charge is 2.67. The van der Waals surface area contributed by atoms with Gasteiger partial charge in [0.2, 0.25) is 0 Å². The number of aliphatic hydroxyl groups is 2. The van der Waals surface area contributed by atoms with Crippen LogP contribution in [0.3, 0.4) is 0 Å². The monoisotopic (exact) mass is 458 g/mol. The summed E-state index contributed by atoms with van der Waals surface area (Å²) in [6.45, 7) is 23.0. The van der Waals surface area contributed by atoms with E-state index in [1.165, 1.54) is 44.9 Å². The minimum atomic E-state index is -0.736. The number of hydrogen-bond acceptors (Lipinski definition) is 2. The molecule has 4 saturated carbocycles. The molecule has 4 rings (SSSR count). The highest BCUT2D eigenvalue weighted by Crippen LogP contribution is 2.74. The van der Waals surface area contributed by atoms with E-state index in [-0.39, 0.29) is 11.5 Å². The molecule has 10 atom stereocenters. The maximum absolute atomic E-state index is 10.8. The van der Waals surface area contributed by atoms with Crippen LogP contribution in [-0.4, -0.2) is 21.9 Å². The molecule has 0 aliphatic heterocycles. The highest BCUT2D eigenvalue weighted by atomic mass is 16.3. The molecule has 4 aliphatic carbocycles. The summed E-state index contributed by atoms with van der Waals surface area (Å²) in [5.74, 6) is 3.72. The zero-order valence-electron chi connectivity index (χ0n) is 23.1. The van der Waals surface area contributed by atoms with Crippen LogP contribution in [0.2, 0.25) is 0 Å². The van der Waals surface area contributed by atoms with Crippen molar-refractivity contribution in [2.45, 2.75) is 131 Å². The van der Waals surface area contributed by atoms with E-state index in [1.54, 1.807) is 0 Å². The third-order valence-corrected chi connectivity index (χ3v) is 13.2. The lowest BCUT2D eigenvalue weighted by atomic mass is 9.38. The Morgan fingerprint density at radius 1 is 0.939 bits per heavy atom. The second-order valence-electron chi connectivity index (χ2n) is 14.8. The van der Waals surface area contributed by atoms with E-state index in [2.05, 4.69) is 48.1 Å². The van der Waals surface area contributed by atoms with Gasteiger partial charge in [0.25, 0.3) is 0 Å². The summed E-state index contributed by atoms with van der Waals surface area (Å²) < 4.78 is 0. The molecule has 0 heterocycles. The lowest BCUT2D eigenvalue weighted by molar-refractivity contribution is -0.200. The van der Waals surface area contributed by atoms with E-state index < -0.39 is 5.60 Å². The summed E-state index contributed by atoms with van der Waals surface area (Å²) in [5.41, 5.74) is 1.44. The normalized spacial score (nSPS) is 49.3. The molecule has 2 heteroatoms. The average Bonchev–Trinajstić information content (AvgIpc) is 3.01. The van der Waals surface area contributed by atoms with Crippen LogP contribution in [0.4, 0.5) is 0 Å². The summed E-state index contributed by atoms with van der Waals surface area (Å²) in [4.78, 5) is 0. The van der Waals surface area contributed by atoms with Crippen molar-refractivity contribution < 1.29 is 10.2 Å². The maximum atomic E-state index is 10.8. The molecule has 0 unspecified atom stereocenters. The predicted octanol–water partition coefficient (Wildman–Crippen LogP) is 7.78. The lowest BCUT2D eigenvalue weighted by Gasteiger charge is -2.67. The third kappa shape index (κ3) is 3.62. The highest BCUT2D eigenvalue weighted by molar-refractivity contribution is 5.16. The number of rotatable bonds is 5. The second kappa shape index (κ2) is 8.09. The van der Waals surface area contributed by atoms with E-state index in [1.807, 2.05) is 13.8 Å². The van der Waals surface area contributed by atoms with Gasteiger partial charge in [0, 0.05) is 0 Å². The Bertz CT molecular complexity index is 767. The number of aliphatic hydroxyl groups excluding tert-OH is 1. The molecule has 0 saturated heterocycles. The SMILES string of the molecule is C=C(C)[C@@](C)(O)CC[C@@H](C)[C@H]1CC[C@@]2(C)[C@@H]3CC[C@H]4C(C)(C)[C@@H](O)CC[C@]4(C)[C@H]3CC[C@]12C. The zero-order valence-corrected chi connectivity index (χ0v) is 23.1. The Hall–Kier alpha value is -0.340. The van der Waals surface area contributed by atoms with Crippen molar-refractivity contribution in [3.05, 3.63) is 12.2 Å². The topological polar surface area (TPSA) is 40.5 Å². The first-order valence-electron chi connectivity index (χ1n) is 14.2. The Morgan fingerprint density at radius 2 is 1.58 bits per heavy atom. The van der Waals surface area contributed by atoms with Crippen LogP contribution in [0.5, 0.6) is 0 Å². The summed E-state index contributed by atoms with van der Waals surface area (Å²) in [6, 6.07) is 0. The Kier molecular flexibility index (Phi) is 6.31. The molecule has 0 spiro atoms. The van der Waals surface area contributed by atoms with Gasteiger partial charge < -0.3 is 10.2 Å². The molecule has 0 aromatic heterocycles. The molecule has 2 N–H and O–H groups in total. The first kappa shape index (κ1) is 25.7. The summed E-state index contributed by atoms with van der Waals surface area (Å²) in [5, 5.41) is 21.6. The third-order valence-electron chi connectivity index (χ3n) is 13.2. The van der Waals surface area contributed by atoms with Crippen LogP contribution in [0.15, 0.2) is 12.2 Å². The van der Waals surface area contributed by atoms with Crippen LogP contribution >= 0.6 is 0 Å². The van der Waals surface area contributed by atoms with Crippen molar-refractivity contribution in [1.82, 2.24) is 0 Å². The first-order valence-corrected chi connectivity index (χ1v) is 14.2. The number of hydrogen-bond donors (Lipinski definition) is 2. The molecular weight excluding hydrogens is 404 g/mol. The van der Waals surface area contributed by atoms with Gasteiger partial charge in [0.1, 0.15) is 0 Å². The van der Waals surface area contributed by atoms with Gasteiger partial charge in [-0.15, -0.1) is 0 Å². The van der Waals surface area contributed by atoms with E-state index in [0.717, 1.165) is 42.6 Å². The summed E-state index contributed by atoms with van der Waals surface area (Å²) in [7, 11) is 0. The molecule has 33 heavy (non-hydrogen) atoms. The number of fused-ring (bicyclic) bond motifs is 5. The van der Waals surface area contributed by atoms with Gasteiger partial charge in [0.15, 0.2) is 0 Å². The molecular formula is C31H54O2. The minimum Gasteiger partial charge on any atom is -0.393 e. The van der Waals surface area contributed by atoms with Gasteiger partial charge >= 0.3 is 0 Å². The lowest BCUT2D eigenvalue weighted by Crippen LogP contribution is -2.61. The molecule has 0 radical (unpaired) electrons. The largest absolute Gasteiger partial charge is 0.393 e. The maximum Gasteiger partial charge on any atom is 0.0823 e. The van der Waals surface area contributed by atoms with E-state index in [9.17, 15) is 10.2 Å². The minimum absolute atomic E-state index is 0.0482. The summed E-state index contributed by atoms with van der Waals surface area (Å²) >= 11 is 0. The predicted molar refractivity (Wildman–Crippen MR) is 139 cm³/mol. The standard InChI is InChI=1S/C31H54O2/c1-20(2)31(9,33)19-12-21(3)22-13-17-30(8)24-10-11-25-27(4,5)26(32)15-16-28(25,6)23(24)14-18-29(22,30)7/h21-26,32-33H,1,10-19H2,2-9H3/t21-,22-,23+,24-,25+,26+,28-,29-,30+,31+/m1/s1. The van der Waals surface area contributed by atoms with Gasteiger partial charge in [-0.3, -0.25) is 0 Å². The molecule has 4 fully saturated rings. The van der Waals surface area contributed by atoms with Gasteiger partial charge in [0.05, 0.1) is 11.7 Å². The van der Waals surface area contributed by atoms with Crippen LogP contribution < -0.4 is 0 Å². The molecule has 0 aromatic rings. The molecule has 0 aromatic carbocycles. The molecule has 0 bridgehead atoms. The summed E-state index contributed by atoms with van der Waals surface area (Å²) in [6.07, 6.45) is 12.1. The molecule has 0 amide bonds. The van der Waals surface area contributed by atoms with E-state index >= 15 is 0 Å². The second-order valence-corrected chi connectivity index (χ2v) is 14.8. The van der Waals surface area contributed by atoms with Crippen LogP contribution in [0.25, 0.3) is 0 Å². The van der Waals surface area contributed by atoms with Gasteiger partial charge in [-0.05, 0) is 135 Å². The fraction of sp³-hybridized carbons (Fsp3) is 0.935. The van der Waals surface area contributed by atoms with Crippen LogP contribution in [0.1, 0.15) is 120 Å². The van der Waals surface area contributed by atoms with E-state index in [4.69, 9.17) is 0 Å². The Labute approximate surface area is 205 Å². The van der Waals surface area contributed by atoms with Crippen molar-refractivity contribution >= 4 is 0 Å². The smallest absolute Gasteiger partial charge is 0.0823 e. The zero-order chi connectivity index (χ0) is 24.6. The molecule has 4 aliphatic rings. The Balaban J connectivity index is 1.56. The van der Waals surface area contributed by atoms with Gasteiger partial charge in [-0.25, -0.2) is 0 Å². The van der Waals surface area contributed by atoms with Crippen molar-refractivity contribution in [2.24, 2.45) is 51.2 Å². The van der Waals surface area contributed by atoms with Crippen LogP contribution in [-0.2, 0) is 0 Å². The fourth-order valence-electron chi connectivity index (χ4n) is 10.4. The van der Waals surface area contributed by atoms with Crippen molar-refractivity contribution in [3.63, 3.8) is 0 Å². The van der Waals surface area contributed by atoms with E-state index in [0.29, 0.717) is 28.1 Å². The van der Waals surface area contributed by atoms with Gasteiger partial charge in [-0.1, -0.05) is 48.1 Å². The van der Waals surface area contributed by atoms with Crippen molar-refractivity contribution in [1.29, 1.82) is 0 Å². The fourth-order valence-corrected chi connectivity index (χ4v) is 10.4. The quantitative estimate of drug-likeness (QED) is 0.413. The van der Waals surface area contributed by atoms with Gasteiger partial charge in [-0.2, -0.15) is 0 Å². The van der Waals surface area contributed by atoms with Crippen molar-refractivity contribution in [3.8, 4) is 0 Å². The Morgan fingerprint density at radius 3 is 2.21 bits per heavy atom. The van der Waals surface area contributed by atoms with Crippen LogP contribution in [0, 0.1) is 51.2 Å². The first-order chi connectivity index (χ1) is 15.1. The average molecular weight is 459 g/mol. The molecule has 190 valence electrons. The molecule has 2 nitrogen and oxygen atoms in total.